The molecule has 0 aliphatic rings. The Balaban J connectivity index is 2.31. The lowest BCUT2D eigenvalue weighted by Gasteiger charge is -2.10. The van der Waals surface area contributed by atoms with Crippen molar-refractivity contribution in [2.75, 3.05) is 5.32 Å². The van der Waals surface area contributed by atoms with Gasteiger partial charge in [0.25, 0.3) is 5.91 Å². The van der Waals surface area contributed by atoms with Crippen LogP contribution in [0.3, 0.4) is 0 Å². The van der Waals surface area contributed by atoms with Gasteiger partial charge < -0.3 is 10.4 Å². The Bertz CT molecular complexity index is 731. The van der Waals surface area contributed by atoms with Crippen molar-refractivity contribution in [1.29, 1.82) is 0 Å². The number of carbonyl (C=O) groups excluding carboxylic acids is 1. The van der Waals surface area contributed by atoms with E-state index in [1.807, 2.05) is 0 Å². The predicted octanol–water partition coefficient (Wildman–Crippen LogP) is 3.85. The van der Waals surface area contributed by atoms with Gasteiger partial charge in [-0.1, -0.05) is 0 Å². The number of benzene rings is 2. The van der Waals surface area contributed by atoms with E-state index in [-0.39, 0.29) is 5.56 Å². The second-order valence-corrected chi connectivity index (χ2v) is 5.27. The summed E-state index contributed by atoms with van der Waals surface area (Å²) in [6.45, 7) is 1.63. The van der Waals surface area contributed by atoms with Gasteiger partial charge in [0.15, 0.2) is 0 Å². The lowest BCUT2D eigenvalue weighted by molar-refractivity contribution is 0.0696. The van der Waals surface area contributed by atoms with E-state index in [9.17, 15) is 14.0 Å². The highest BCUT2D eigenvalue weighted by atomic mass is 79.9. The van der Waals surface area contributed by atoms with Gasteiger partial charge in [-0.2, -0.15) is 0 Å². The Morgan fingerprint density at radius 1 is 1.19 bits per heavy atom. The second-order valence-electron chi connectivity index (χ2n) is 4.41. The van der Waals surface area contributed by atoms with E-state index in [0.717, 1.165) is 0 Å². The lowest BCUT2D eigenvalue weighted by Crippen LogP contribution is -2.14. The Morgan fingerprint density at radius 2 is 1.90 bits per heavy atom. The molecule has 0 aliphatic carbocycles. The van der Waals surface area contributed by atoms with Gasteiger partial charge in [-0.15, -0.1) is 0 Å². The molecule has 0 bridgehead atoms. The van der Waals surface area contributed by atoms with Crippen molar-refractivity contribution in [3.05, 3.63) is 63.4 Å². The van der Waals surface area contributed by atoms with Crippen molar-refractivity contribution in [3.8, 4) is 0 Å². The topological polar surface area (TPSA) is 66.4 Å². The number of hydrogen-bond donors (Lipinski definition) is 2. The van der Waals surface area contributed by atoms with E-state index in [1.54, 1.807) is 6.92 Å². The molecule has 0 saturated heterocycles. The van der Waals surface area contributed by atoms with Crippen LogP contribution in [0.25, 0.3) is 0 Å². The van der Waals surface area contributed by atoms with Crippen molar-refractivity contribution in [1.82, 2.24) is 0 Å². The molecule has 6 heteroatoms. The molecule has 2 N–H and O–H groups in total. The number of rotatable bonds is 3. The third kappa shape index (κ3) is 3.46. The number of carboxylic acid groups (broad SMARTS) is 1. The molecule has 108 valence electrons. The standard InChI is InChI=1S/C15H11BrFNO3/c1-8-6-10(17)3-4-11(8)14(19)18-13-7-9(15(20)21)2-5-12(13)16/h2-7H,1H3,(H,18,19)(H,20,21). The van der Waals surface area contributed by atoms with Crippen LogP contribution in [-0.4, -0.2) is 17.0 Å². The van der Waals surface area contributed by atoms with Crippen LogP contribution in [0, 0.1) is 12.7 Å². The van der Waals surface area contributed by atoms with Crippen molar-refractivity contribution in [3.63, 3.8) is 0 Å². The molecular formula is C15H11BrFNO3. The normalized spacial score (nSPS) is 10.2. The second kappa shape index (κ2) is 6.05. The van der Waals surface area contributed by atoms with E-state index < -0.39 is 17.7 Å². The maximum absolute atomic E-state index is 13.0. The summed E-state index contributed by atoms with van der Waals surface area (Å²) in [6.07, 6.45) is 0. The Labute approximate surface area is 128 Å². The summed E-state index contributed by atoms with van der Waals surface area (Å²) in [5.41, 5.74) is 1.22. The zero-order valence-corrected chi connectivity index (χ0v) is 12.6. The van der Waals surface area contributed by atoms with E-state index >= 15 is 0 Å². The monoisotopic (exact) mass is 351 g/mol. The van der Waals surface area contributed by atoms with Crippen LogP contribution in [-0.2, 0) is 0 Å². The highest BCUT2D eigenvalue weighted by molar-refractivity contribution is 9.10. The summed E-state index contributed by atoms with van der Waals surface area (Å²) in [7, 11) is 0. The van der Waals surface area contributed by atoms with Crippen molar-refractivity contribution < 1.29 is 19.1 Å². The third-order valence-electron chi connectivity index (χ3n) is 2.89. The fourth-order valence-corrected chi connectivity index (χ4v) is 2.17. The fourth-order valence-electron chi connectivity index (χ4n) is 1.83. The number of anilines is 1. The predicted molar refractivity (Wildman–Crippen MR) is 80.2 cm³/mol. The van der Waals surface area contributed by atoms with Crippen molar-refractivity contribution in [2.24, 2.45) is 0 Å². The van der Waals surface area contributed by atoms with E-state index in [4.69, 9.17) is 5.11 Å². The van der Waals surface area contributed by atoms with Crippen LogP contribution in [0.1, 0.15) is 26.3 Å². The first-order valence-electron chi connectivity index (χ1n) is 5.99. The third-order valence-corrected chi connectivity index (χ3v) is 3.59. The molecule has 0 aliphatic heterocycles. The van der Waals surface area contributed by atoms with Gasteiger partial charge in [0.1, 0.15) is 5.82 Å². The summed E-state index contributed by atoms with van der Waals surface area (Å²) in [5, 5.41) is 11.6. The first kappa shape index (κ1) is 15.2. The molecule has 0 unspecified atom stereocenters. The summed E-state index contributed by atoms with van der Waals surface area (Å²) in [6, 6.07) is 8.15. The zero-order chi connectivity index (χ0) is 15.6. The lowest BCUT2D eigenvalue weighted by atomic mass is 10.1. The molecule has 21 heavy (non-hydrogen) atoms. The maximum Gasteiger partial charge on any atom is 0.335 e. The van der Waals surface area contributed by atoms with E-state index in [1.165, 1.54) is 36.4 Å². The fraction of sp³-hybridized carbons (Fsp3) is 0.0667. The van der Waals surface area contributed by atoms with E-state index in [2.05, 4.69) is 21.2 Å². The van der Waals surface area contributed by atoms with Gasteiger partial charge in [0, 0.05) is 10.0 Å². The first-order chi connectivity index (χ1) is 9.88. The highest BCUT2D eigenvalue weighted by Gasteiger charge is 2.13. The molecule has 0 heterocycles. The maximum atomic E-state index is 13.0. The van der Waals surface area contributed by atoms with Crippen LogP contribution in [0.5, 0.6) is 0 Å². The Morgan fingerprint density at radius 3 is 2.52 bits per heavy atom. The van der Waals surface area contributed by atoms with Gasteiger partial charge in [-0.05, 0) is 64.8 Å². The first-order valence-corrected chi connectivity index (χ1v) is 6.78. The minimum Gasteiger partial charge on any atom is -0.478 e. The zero-order valence-electron chi connectivity index (χ0n) is 11.0. The molecule has 0 fully saturated rings. The molecule has 0 aromatic heterocycles. The van der Waals surface area contributed by atoms with Gasteiger partial charge in [-0.25, -0.2) is 9.18 Å². The molecule has 4 nitrogen and oxygen atoms in total. The Hall–Kier alpha value is -2.21. The smallest absolute Gasteiger partial charge is 0.335 e. The van der Waals surface area contributed by atoms with Gasteiger partial charge in [0.05, 0.1) is 11.3 Å². The van der Waals surface area contributed by atoms with Crippen molar-refractivity contribution in [2.45, 2.75) is 6.92 Å². The molecule has 2 aromatic rings. The average Bonchev–Trinajstić information content (AvgIpc) is 2.40. The minimum absolute atomic E-state index is 0.0596. The largest absolute Gasteiger partial charge is 0.478 e. The number of nitrogens with one attached hydrogen (secondary N) is 1. The summed E-state index contributed by atoms with van der Waals surface area (Å²) >= 11 is 3.24. The Kier molecular flexibility index (Phi) is 4.37. The molecule has 0 radical (unpaired) electrons. The molecule has 1 amide bonds. The van der Waals surface area contributed by atoms with Crippen LogP contribution in [0.2, 0.25) is 0 Å². The number of carbonyl (C=O) groups is 2. The molecule has 0 spiro atoms. The average molecular weight is 352 g/mol. The molecule has 2 aromatic carbocycles. The summed E-state index contributed by atoms with van der Waals surface area (Å²) in [5.74, 6) is -1.94. The van der Waals surface area contributed by atoms with Gasteiger partial charge >= 0.3 is 5.97 Å². The number of carboxylic acids is 1. The quantitative estimate of drug-likeness (QED) is 0.882. The summed E-state index contributed by atoms with van der Waals surface area (Å²) in [4.78, 5) is 23.1. The molecule has 2 rings (SSSR count). The number of hydrogen-bond acceptors (Lipinski definition) is 2. The van der Waals surface area contributed by atoms with Crippen molar-refractivity contribution >= 4 is 33.5 Å². The van der Waals surface area contributed by atoms with E-state index in [0.29, 0.717) is 21.3 Å². The van der Waals surface area contributed by atoms with Crippen LogP contribution in [0.15, 0.2) is 40.9 Å². The molecule has 0 saturated carbocycles. The molecule has 0 atom stereocenters. The number of aromatic carboxylic acids is 1. The van der Waals surface area contributed by atoms with Gasteiger partial charge in [-0.3, -0.25) is 4.79 Å². The number of aryl methyl sites for hydroxylation is 1. The summed E-state index contributed by atoms with van der Waals surface area (Å²) < 4.78 is 13.6. The molecular weight excluding hydrogens is 341 g/mol. The highest BCUT2D eigenvalue weighted by Crippen LogP contribution is 2.24. The number of halogens is 2. The number of amides is 1. The SMILES string of the molecule is Cc1cc(F)ccc1C(=O)Nc1cc(C(=O)O)ccc1Br. The van der Waals surface area contributed by atoms with Gasteiger partial charge in [0.2, 0.25) is 0 Å². The minimum atomic E-state index is -1.09. The van der Waals surface area contributed by atoms with Crippen LogP contribution in [0.4, 0.5) is 10.1 Å². The van der Waals surface area contributed by atoms with Crippen LogP contribution < -0.4 is 5.32 Å². The van der Waals surface area contributed by atoms with Crippen LogP contribution >= 0.6 is 15.9 Å².